The summed E-state index contributed by atoms with van der Waals surface area (Å²) in [6.45, 7) is 6.19. The number of fused-ring (bicyclic) bond motifs is 2. The van der Waals surface area contributed by atoms with Gasteiger partial charge in [-0.2, -0.15) is 4.89 Å². The highest BCUT2D eigenvalue weighted by Gasteiger charge is 2.31. The second-order valence-corrected chi connectivity index (χ2v) is 10.1. The molecule has 0 bridgehead atoms. The van der Waals surface area contributed by atoms with Crippen molar-refractivity contribution in [3.8, 4) is 17.2 Å². The summed E-state index contributed by atoms with van der Waals surface area (Å²) in [4.78, 5) is 36.6. The van der Waals surface area contributed by atoms with Gasteiger partial charge in [0.15, 0.2) is 5.75 Å². The van der Waals surface area contributed by atoms with Crippen molar-refractivity contribution in [2.24, 2.45) is 0 Å². The first-order valence-electron chi connectivity index (χ1n) is 13.5. The number of hydrogen-bond acceptors (Lipinski definition) is 6. The minimum absolute atomic E-state index is 0.261. The SMILES string of the molecule is CCCCCCCC(=O)Oc1c2c(c(OC(=O)CCCCCCC)c3ccc(Cl)cc13)OOC(C)C2. The molecule has 0 aliphatic carbocycles. The van der Waals surface area contributed by atoms with Crippen molar-refractivity contribution in [1.82, 2.24) is 0 Å². The second kappa shape index (κ2) is 14.4. The maximum atomic E-state index is 12.8. The van der Waals surface area contributed by atoms with Crippen LogP contribution >= 0.6 is 11.6 Å². The van der Waals surface area contributed by atoms with Crippen LogP contribution in [-0.4, -0.2) is 18.0 Å². The molecule has 0 radical (unpaired) electrons. The summed E-state index contributed by atoms with van der Waals surface area (Å²) in [6, 6.07) is 5.21. The van der Waals surface area contributed by atoms with Gasteiger partial charge in [0.25, 0.3) is 0 Å². The number of benzene rings is 2. The number of carbonyl (C=O) groups excluding carboxylic acids is 2. The molecule has 1 unspecified atom stereocenters. The molecule has 1 heterocycles. The van der Waals surface area contributed by atoms with Crippen LogP contribution < -0.4 is 14.4 Å². The fourth-order valence-corrected chi connectivity index (χ4v) is 4.62. The molecule has 0 saturated carbocycles. The molecule has 1 aliphatic heterocycles. The minimum atomic E-state index is -0.330. The summed E-state index contributed by atoms with van der Waals surface area (Å²) in [7, 11) is 0. The summed E-state index contributed by atoms with van der Waals surface area (Å²) in [6.07, 6.45) is 11.2. The number of ether oxygens (including phenoxy) is 2. The zero-order valence-electron chi connectivity index (χ0n) is 21.8. The zero-order valence-corrected chi connectivity index (χ0v) is 22.6. The Balaban J connectivity index is 1.88. The van der Waals surface area contributed by atoms with E-state index in [2.05, 4.69) is 13.8 Å². The third-order valence-electron chi connectivity index (χ3n) is 6.41. The lowest BCUT2D eigenvalue weighted by Crippen LogP contribution is -2.23. The molecule has 0 N–H and O–H groups in total. The Bertz CT molecular complexity index is 1030. The van der Waals surface area contributed by atoms with E-state index in [1.165, 1.54) is 6.42 Å². The molecular formula is C29H39ClO6. The van der Waals surface area contributed by atoms with Gasteiger partial charge in [-0.3, -0.25) is 9.59 Å². The number of hydrogen-bond donors (Lipinski definition) is 0. The predicted molar refractivity (Wildman–Crippen MR) is 142 cm³/mol. The topological polar surface area (TPSA) is 71.1 Å². The first-order valence-corrected chi connectivity index (χ1v) is 13.8. The van der Waals surface area contributed by atoms with Crippen LogP contribution in [0.2, 0.25) is 5.02 Å². The van der Waals surface area contributed by atoms with Crippen molar-refractivity contribution >= 4 is 34.3 Å². The van der Waals surface area contributed by atoms with Gasteiger partial charge < -0.3 is 14.4 Å². The van der Waals surface area contributed by atoms with Crippen LogP contribution in [0.25, 0.3) is 10.8 Å². The fraction of sp³-hybridized carbons (Fsp3) is 0.586. The van der Waals surface area contributed by atoms with E-state index in [-0.39, 0.29) is 29.5 Å². The van der Waals surface area contributed by atoms with Gasteiger partial charge in [-0.15, -0.1) is 0 Å². The number of rotatable bonds is 14. The van der Waals surface area contributed by atoms with E-state index >= 15 is 0 Å². The summed E-state index contributed by atoms with van der Waals surface area (Å²) in [5, 5.41) is 1.69. The largest absolute Gasteiger partial charge is 0.425 e. The third-order valence-corrected chi connectivity index (χ3v) is 6.65. The van der Waals surface area contributed by atoms with Gasteiger partial charge in [-0.25, -0.2) is 0 Å². The van der Waals surface area contributed by atoms with Crippen LogP contribution in [0.4, 0.5) is 0 Å². The molecule has 198 valence electrons. The molecule has 2 aromatic carbocycles. The van der Waals surface area contributed by atoms with Crippen LogP contribution in [-0.2, 0) is 20.9 Å². The number of unbranched alkanes of at least 4 members (excludes halogenated alkanes) is 8. The number of carbonyl (C=O) groups is 2. The van der Waals surface area contributed by atoms with E-state index in [0.717, 1.165) is 57.8 Å². The van der Waals surface area contributed by atoms with Crippen molar-refractivity contribution in [3.63, 3.8) is 0 Å². The van der Waals surface area contributed by atoms with Gasteiger partial charge in [0.05, 0.1) is 0 Å². The molecule has 1 aliphatic rings. The second-order valence-electron chi connectivity index (χ2n) is 9.63. The molecule has 7 heteroatoms. The van der Waals surface area contributed by atoms with E-state index in [4.69, 9.17) is 30.8 Å². The highest BCUT2D eigenvalue weighted by molar-refractivity contribution is 6.31. The van der Waals surface area contributed by atoms with Crippen molar-refractivity contribution < 1.29 is 28.8 Å². The molecule has 6 nitrogen and oxygen atoms in total. The Morgan fingerprint density at radius 3 is 2.06 bits per heavy atom. The molecule has 2 aromatic rings. The van der Waals surface area contributed by atoms with E-state index in [0.29, 0.717) is 46.4 Å². The molecule has 0 amide bonds. The van der Waals surface area contributed by atoms with Gasteiger partial charge in [0.1, 0.15) is 11.9 Å². The molecule has 0 fully saturated rings. The lowest BCUT2D eigenvalue weighted by atomic mass is 9.98. The Kier molecular flexibility index (Phi) is 11.3. The summed E-state index contributed by atoms with van der Waals surface area (Å²) < 4.78 is 11.8. The van der Waals surface area contributed by atoms with Gasteiger partial charge in [0, 0.05) is 40.6 Å². The third kappa shape index (κ3) is 7.84. The first-order chi connectivity index (χ1) is 17.4. The highest BCUT2D eigenvalue weighted by atomic mass is 35.5. The maximum absolute atomic E-state index is 12.8. The van der Waals surface area contributed by atoms with Crippen LogP contribution in [0.1, 0.15) is 103 Å². The summed E-state index contributed by atoms with van der Waals surface area (Å²) >= 11 is 6.34. The van der Waals surface area contributed by atoms with E-state index in [1.54, 1.807) is 18.2 Å². The monoisotopic (exact) mass is 518 g/mol. The van der Waals surface area contributed by atoms with E-state index < -0.39 is 0 Å². The Morgan fingerprint density at radius 1 is 0.861 bits per heavy atom. The first kappa shape index (κ1) is 28.3. The lowest BCUT2D eigenvalue weighted by molar-refractivity contribution is -0.250. The van der Waals surface area contributed by atoms with Crippen LogP contribution in [0, 0.1) is 0 Å². The van der Waals surface area contributed by atoms with Crippen LogP contribution in [0.3, 0.4) is 0 Å². The minimum Gasteiger partial charge on any atom is -0.425 e. The molecule has 1 atom stereocenters. The van der Waals surface area contributed by atoms with Crippen LogP contribution in [0.15, 0.2) is 18.2 Å². The Morgan fingerprint density at radius 2 is 1.44 bits per heavy atom. The number of halogens is 1. The molecule has 0 aromatic heterocycles. The smallest absolute Gasteiger partial charge is 0.311 e. The van der Waals surface area contributed by atoms with Crippen molar-refractivity contribution in [2.75, 3.05) is 0 Å². The van der Waals surface area contributed by atoms with E-state index in [1.807, 2.05) is 6.92 Å². The van der Waals surface area contributed by atoms with Gasteiger partial charge >= 0.3 is 11.9 Å². The molecule has 0 saturated heterocycles. The normalized spacial score (nSPS) is 14.8. The molecule has 3 rings (SSSR count). The average Bonchev–Trinajstić information content (AvgIpc) is 2.85. The molecular weight excluding hydrogens is 480 g/mol. The quantitative estimate of drug-likeness (QED) is 0.108. The Hall–Kier alpha value is -2.31. The standard InChI is InChI=1S/C29H39ClO6/c1-4-6-8-10-12-14-25(31)33-27-23-19-21(30)16-17-22(23)28(29-24(27)18-20(3)35-36-29)34-26(32)15-13-11-9-7-5-2/h16-17,19-20H,4-15,18H2,1-3H3. The fourth-order valence-electron chi connectivity index (χ4n) is 4.45. The summed E-state index contributed by atoms with van der Waals surface area (Å²) in [5.74, 6) is 0.333. The number of esters is 2. The predicted octanol–water partition coefficient (Wildman–Crippen LogP) is 8.28. The summed E-state index contributed by atoms with van der Waals surface area (Å²) in [5.41, 5.74) is 0.647. The van der Waals surface area contributed by atoms with Crippen molar-refractivity contribution in [2.45, 2.75) is 110 Å². The maximum Gasteiger partial charge on any atom is 0.311 e. The zero-order chi connectivity index (χ0) is 25.9. The molecule has 0 spiro atoms. The average molecular weight is 519 g/mol. The van der Waals surface area contributed by atoms with Crippen molar-refractivity contribution in [1.29, 1.82) is 0 Å². The molecule has 36 heavy (non-hydrogen) atoms. The van der Waals surface area contributed by atoms with Crippen molar-refractivity contribution in [3.05, 3.63) is 28.8 Å². The Labute approximate surface area is 219 Å². The highest BCUT2D eigenvalue weighted by Crippen LogP contribution is 2.49. The van der Waals surface area contributed by atoms with Gasteiger partial charge in [-0.05, 0) is 38.0 Å². The van der Waals surface area contributed by atoms with E-state index in [9.17, 15) is 9.59 Å². The van der Waals surface area contributed by atoms with Crippen LogP contribution in [0.5, 0.6) is 17.2 Å². The van der Waals surface area contributed by atoms with Gasteiger partial charge in [-0.1, -0.05) is 76.8 Å². The lowest BCUT2D eigenvalue weighted by Gasteiger charge is -2.26. The van der Waals surface area contributed by atoms with Gasteiger partial charge in [0.2, 0.25) is 5.75 Å².